The largest absolute Gasteiger partial charge is 0.481 e. The number of ether oxygens (including phenoxy) is 1. The molecule has 3 rings (SSSR count). The van der Waals surface area contributed by atoms with Gasteiger partial charge in [-0.25, -0.2) is 4.68 Å². The molecule has 0 amide bonds. The number of aliphatic imine (C=N–C) groups is 1. The fraction of sp³-hybridized carbons (Fsp3) is 0.667. The maximum atomic E-state index is 6.00. The van der Waals surface area contributed by atoms with Crippen LogP contribution in [0.5, 0.6) is 5.88 Å². The molecule has 98 valence electrons. The van der Waals surface area contributed by atoms with E-state index in [1.54, 1.807) is 11.8 Å². The van der Waals surface area contributed by atoms with Crippen molar-refractivity contribution in [3.8, 4) is 5.88 Å². The fourth-order valence-electron chi connectivity index (χ4n) is 2.81. The molecular weight excluding hydrogens is 230 g/mol. The summed E-state index contributed by atoms with van der Waals surface area (Å²) in [5.41, 5.74) is 8.12. The Hall–Kier alpha value is -1.72. The summed E-state index contributed by atoms with van der Waals surface area (Å²) < 4.78 is 7.26. The van der Waals surface area contributed by atoms with Gasteiger partial charge in [0.2, 0.25) is 5.88 Å². The van der Waals surface area contributed by atoms with Crippen molar-refractivity contribution >= 4 is 5.96 Å². The topological polar surface area (TPSA) is 68.7 Å². The second-order valence-corrected chi connectivity index (χ2v) is 4.99. The summed E-state index contributed by atoms with van der Waals surface area (Å²) in [6.45, 7) is 2.71. The van der Waals surface area contributed by atoms with E-state index in [-0.39, 0.29) is 6.04 Å². The van der Waals surface area contributed by atoms with Gasteiger partial charge in [-0.05, 0) is 19.8 Å². The zero-order valence-corrected chi connectivity index (χ0v) is 11.1. The number of guanidine groups is 1. The molecule has 1 aliphatic heterocycles. The van der Waals surface area contributed by atoms with Crippen LogP contribution in [-0.4, -0.2) is 40.3 Å². The molecule has 1 aromatic heterocycles. The summed E-state index contributed by atoms with van der Waals surface area (Å²) in [7, 11) is 3.58. The Kier molecular flexibility index (Phi) is 2.46. The predicted molar refractivity (Wildman–Crippen MR) is 68.6 cm³/mol. The zero-order valence-electron chi connectivity index (χ0n) is 11.1. The van der Waals surface area contributed by atoms with E-state index in [1.807, 2.05) is 14.0 Å². The zero-order chi connectivity index (χ0) is 12.9. The summed E-state index contributed by atoms with van der Waals surface area (Å²) >= 11 is 0. The van der Waals surface area contributed by atoms with Crippen LogP contribution in [-0.2, 0) is 7.05 Å². The molecule has 18 heavy (non-hydrogen) atoms. The molecule has 1 unspecified atom stereocenters. The van der Waals surface area contributed by atoms with Crippen molar-refractivity contribution in [2.24, 2.45) is 17.8 Å². The van der Waals surface area contributed by atoms with E-state index in [4.69, 9.17) is 10.5 Å². The molecule has 6 heteroatoms. The highest BCUT2D eigenvalue weighted by molar-refractivity contribution is 5.81. The van der Waals surface area contributed by atoms with Crippen molar-refractivity contribution in [1.29, 1.82) is 0 Å². The number of hydrogen-bond acceptors (Lipinski definition) is 5. The molecule has 1 saturated carbocycles. The van der Waals surface area contributed by atoms with E-state index in [2.05, 4.69) is 15.0 Å². The number of aromatic nitrogens is 2. The molecule has 1 fully saturated rings. The first kappa shape index (κ1) is 11.4. The van der Waals surface area contributed by atoms with Gasteiger partial charge in [-0.3, -0.25) is 4.99 Å². The van der Waals surface area contributed by atoms with Crippen LogP contribution in [0, 0.1) is 6.92 Å². The Morgan fingerprint density at radius 2 is 2.11 bits per heavy atom. The molecular formula is C12H19N5O. The molecule has 0 saturated heterocycles. The molecule has 0 spiro atoms. The first-order valence-electron chi connectivity index (χ1n) is 6.29. The Morgan fingerprint density at radius 3 is 2.72 bits per heavy atom. The minimum absolute atomic E-state index is 0.182. The molecule has 1 aliphatic carbocycles. The number of hydrogen-bond donors (Lipinski definition) is 1. The van der Waals surface area contributed by atoms with Crippen molar-refractivity contribution in [3.05, 3.63) is 11.3 Å². The van der Waals surface area contributed by atoms with E-state index in [0.29, 0.717) is 18.5 Å². The lowest BCUT2D eigenvalue weighted by molar-refractivity contribution is 0.315. The number of nitrogens with zero attached hydrogens (tertiary/aromatic N) is 4. The van der Waals surface area contributed by atoms with Gasteiger partial charge in [-0.15, -0.1) is 0 Å². The van der Waals surface area contributed by atoms with Crippen molar-refractivity contribution in [3.63, 3.8) is 0 Å². The van der Waals surface area contributed by atoms with Crippen molar-refractivity contribution < 1.29 is 4.74 Å². The maximum Gasteiger partial charge on any atom is 0.216 e. The summed E-state index contributed by atoms with van der Waals surface area (Å²) in [5, 5.41) is 4.44. The van der Waals surface area contributed by atoms with Crippen LogP contribution in [0.1, 0.15) is 30.1 Å². The van der Waals surface area contributed by atoms with Crippen molar-refractivity contribution in [2.45, 2.75) is 31.8 Å². The normalized spacial score (nSPS) is 23.4. The first-order chi connectivity index (χ1) is 8.63. The Morgan fingerprint density at radius 1 is 1.39 bits per heavy atom. The molecule has 2 heterocycles. The molecule has 2 N–H and O–H groups in total. The molecule has 1 aromatic rings. The monoisotopic (exact) mass is 249 g/mol. The molecule has 1 atom stereocenters. The lowest BCUT2D eigenvalue weighted by atomic mass is 10.1. The second-order valence-electron chi connectivity index (χ2n) is 4.99. The van der Waals surface area contributed by atoms with Crippen LogP contribution in [0.3, 0.4) is 0 Å². The molecule has 6 nitrogen and oxygen atoms in total. The summed E-state index contributed by atoms with van der Waals surface area (Å²) in [6.07, 6.45) is 2.41. The number of aryl methyl sites for hydroxylation is 2. The Balaban J connectivity index is 2.00. The van der Waals surface area contributed by atoms with Gasteiger partial charge in [0, 0.05) is 13.1 Å². The highest BCUT2D eigenvalue weighted by Crippen LogP contribution is 2.40. The van der Waals surface area contributed by atoms with Crippen LogP contribution >= 0.6 is 0 Å². The van der Waals surface area contributed by atoms with Gasteiger partial charge in [0.15, 0.2) is 5.96 Å². The standard InChI is InChI=1S/C12H19N5O/c1-7-10(11(18-3)16(2)15-7)9-6-14-12(13)17(9)8-4-5-8/h8-9H,4-6H2,1-3H3,(H2,13,14). The summed E-state index contributed by atoms with van der Waals surface area (Å²) in [6, 6.07) is 0.728. The first-order valence-corrected chi connectivity index (χ1v) is 6.29. The van der Waals surface area contributed by atoms with Crippen LogP contribution in [0.25, 0.3) is 0 Å². The predicted octanol–water partition coefficient (Wildman–Crippen LogP) is 0.571. The van der Waals surface area contributed by atoms with Gasteiger partial charge < -0.3 is 15.4 Å². The minimum atomic E-state index is 0.182. The minimum Gasteiger partial charge on any atom is -0.481 e. The SMILES string of the molecule is COc1c(C2CN=C(N)N2C2CC2)c(C)nn1C. The quantitative estimate of drug-likeness (QED) is 0.850. The Bertz CT molecular complexity index is 503. The number of rotatable bonds is 3. The van der Waals surface area contributed by atoms with E-state index in [0.717, 1.165) is 17.1 Å². The van der Waals surface area contributed by atoms with Crippen molar-refractivity contribution in [2.75, 3.05) is 13.7 Å². The average Bonchev–Trinajstić information content (AvgIpc) is 3.03. The highest BCUT2D eigenvalue weighted by atomic mass is 16.5. The average molecular weight is 249 g/mol. The lowest BCUT2D eigenvalue weighted by Gasteiger charge is -2.26. The van der Waals surface area contributed by atoms with Gasteiger partial charge >= 0.3 is 0 Å². The fourth-order valence-corrected chi connectivity index (χ4v) is 2.81. The van der Waals surface area contributed by atoms with E-state index >= 15 is 0 Å². The maximum absolute atomic E-state index is 6.00. The highest BCUT2D eigenvalue weighted by Gasteiger charge is 2.41. The third kappa shape index (κ3) is 1.55. The van der Waals surface area contributed by atoms with Gasteiger partial charge in [-0.2, -0.15) is 5.10 Å². The van der Waals surface area contributed by atoms with Crippen LogP contribution in [0.4, 0.5) is 0 Å². The van der Waals surface area contributed by atoms with Gasteiger partial charge in [0.05, 0.1) is 31.0 Å². The molecule has 0 radical (unpaired) electrons. The second kappa shape index (κ2) is 3.90. The van der Waals surface area contributed by atoms with Gasteiger partial charge in [0.1, 0.15) is 0 Å². The Labute approximate surface area is 106 Å². The summed E-state index contributed by atoms with van der Waals surface area (Å²) in [5.74, 6) is 1.47. The third-order valence-corrected chi connectivity index (χ3v) is 3.71. The van der Waals surface area contributed by atoms with Crippen LogP contribution in [0.2, 0.25) is 0 Å². The van der Waals surface area contributed by atoms with Crippen LogP contribution < -0.4 is 10.5 Å². The number of nitrogens with two attached hydrogens (primary N) is 1. The summed E-state index contributed by atoms with van der Waals surface area (Å²) in [4.78, 5) is 6.62. The third-order valence-electron chi connectivity index (χ3n) is 3.71. The molecule has 0 aromatic carbocycles. The molecule has 2 aliphatic rings. The number of methoxy groups -OCH3 is 1. The lowest BCUT2D eigenvalue weighted by Crippen LogP contribution is -2.38. The van der Waals surface area contributed by atoms with E-state index < -0.39 is 0 Å². The van der Waals surface area contributed by atoms with E-state index in [9.17, 15) is 0 Å². The smallest absolute Gasteiger partial charge is 0.216 e. The molecule has 0 bridgehead atoms. The van der Waals surface area contributed by atoms with Gasteiger partial charge in [-0.1, -0.05) is 0 Å². The van der Waals surface area contributed by atoms with Crippen molar-refractivity contribution in [1.82, 2.24) is 14.7 Å². The van der Waals surface area contributed by atoms with E-state index in [1.165, 1.54) is 12.8 Å². The van der Waals surface area contributed by atoms with Crippen LogP contribution in [0.15, 0.2) is 4.99 Å². The van der Waals surface area contributed by atoms with Gasteiger partial charge in [0.25, 0.3) is 0 Å².